The van der Waals surface area contributed by atoms with E-state index in [-0.39, 0.29) is 16.0 Å². The Hall–Kier alpha value is -0.690. The van der Waals surface area contributed by atoms with Gasteiger partial charge < -0.3 is 5.11 Å². The number of rotatable bonds is 3. The highest BCUT2D eigenvalue weighted by atomic mass is 35.5. The van der Waals surface area contributed by atoms with Gasteiger partial charge in [0.2, 0.25) is 10.0 Å². The highest BCUT2D eigenvalue weighted by Crippen LogP contribution is 2.23. The van der Waals surface area contributed by atoms with Gasteiger partial charge in [-0.3, -0.25) is 0 Å². The normalized spacial score (nSPS) is 24.4. The number of hydrogen-bond donors (Lipinski definition) is 2. The molecule has 0 unspecified atom stereocenters. The molecule has 0 aromatic heterocycles. The van der Waals surface area contributed by atoms with Gasteiger partial charge in [0, 0.05) is 6.04 Å². The molecule has 1 fully saturated rings. The molecule has 19 heavy (non-hydrogen) atoms. The van der Waals surface area contributed by atoms with Gasteiger partial charge in [0.25, 0.3) is 0 Å². The lowest BCUT2D eigenvalue weighted by molar-refractivity contribution is 0.117. The van der Waals surface area contributed by atoms with E-state index in [2.05, 4.69) is 4.72 Å². The second-order valence-corrected chi connectivity index (χ2v) is 6.84. The van der Waals surface area contributed by atoms with Crippen LogP contribution in [0.25, 0.3) is 0 Å². The SMILES string of the molecule is O=S(=O)(N[C@@H]1CCC[C@H](O)C1)c1ccc(F)c(Cl)c1. The molecule has 1 aliphatic rings. The molecule has 2 rings (SSSR count). The zero-order chi connectivity index (χ0) is 14.0. The first-order chi connectivity index (χ1) is 8.88. The molecule has 106 valence electrons. The first-order valence-corrected chi connectivity index (χ1v) is 7.90. The van der Waals surface area contributed by atoms with E-state index >= 15 is 0 Å². The van der Waals surface area contributed by atoms with E-state index < -0.39 is 21.9 Å². The zero-order valence-electron chi connectivity index (χ0n) is 10.1. The summed E-state index contributed by atoms with van der Waals surface area (Å²) in [6.45, 7) is 0. The number of hydrogen-bond acceptors (Lipinski definition) is 3. The lowest BCUT2D eigenvalue weighted by Gasteiger charge is -2.26. The van der Waals surface area contributed by atoms with Crippen molar-refractivity contribution in [1.82, 2.24) is 4.72 Å². The van der Waals surface area contributed by atoms with E-state index in [0.717, 1.165) is 18.6 Å². The summed E-state index contributed by atoms with van der Waals surface area (Å²) < 4.78 is 39.7. The van der Waals surface area contributed by atoms with E-state index in [9.17, 15) is 17.9 Å². The van der Waals surface area contributed by atoms with Crippen molar-refractivity contribution < 1.29 is 17.9 Å². The van der Waals surface area contributed by atoms with Crippen LogP contribution in [-0.4, -0.2) is 25.7 Å². The number of sulfonamides is 1. The average Bonchev–Trinajstić information content (AvgIpc) is 2.32. The van der Waals surface area contributed by atoms with Crippen molar-refractivity contribution in [2.75, 3.05) is 0 Å². The molecular formula is C12H15ClFNO3S. The van der Waals surface area contributed by atoms with Crippen LogP contribution in [0.5, 0.6) is 0 Å². The summed E-state index contributed by atoms with van der Waals surface area (Å²) in [5.41, 5.74) is 0. The van der Waals surface area contributed by atoms with Gasteiger partial charge in [-0.1, -0.05) is 11.6 Å². The fourth-order valence-corrected chi connectivity index (χ4v) is 3.76. The molecule has 1 saturated carbocycles. The van der Waals surface area contributed by atoms with Crippen molar-refractivity contribution in [1.29, 1.82) is 0 Å². The molecule has 7 heteroatoms. The van der Waals surface area contributed by atoms with E-state index in [1.165, 1.54) is 6.07 Å². The van der Waals surface area contributed by atoms with Gasteiger partial charge in [0.05, 0.1) is 16.0 Å². The largest absolute Gasteiger partial charge is 0.393 e. The minimum Gasteiger partial charge on any atom is -0.393 e. The maximum Gasteiger partial charge on any atom is 0.240 e. The Morgan fingerprint density at radius 2 is 2.11 bits per heavy atom. The van der Waals surface area contributed by atoms with Crippen LogP contribution >= 0.6 is 11.6 Å². The Morgan fingerprint density at radius 3 is 2.74 bits per heavy atom. The lowest BCUT2D eigenvalue weighted by atomic mass is 9.94. The average molecular weight is 308 g/mol. The summed E-state index contributed by atoms with van der Waals surface area (Å²) in [4.78, 5) is -0.0704. The molecule has 0 aliphatic heterocycles. The Morgan fingerprint density at radius 1 is 1.37 bits per heavy atom. The standard InChI is InChI=1S/C12H15ClFNO3S/c13-11-7-10(4-5-12(11)14)19(17,18)15-8-2-1-3-9(16)6-8/h4-5,7-9,15-16H,1-3,6H2/t8-,9+/m1/s1. The van der Waals surface area contributed by atoms with E-state index in [0.29, 0.717) is 19.3 Å². The Kier molecular flexibility index (Phi) is 4.45. The van der Waals surface area contributed by atoms with E-state index in [4.69, 9.17) is 11.6 Å². The van der Waals surface area contributed by atoms with Crippen LogP contribution in [-0.2, 0) is 10.0 Å². The summed E-state index contributed by atoms with van der Waals surface area (Å²) in [6.07, 6.45) is 2.08. The van der Waals surface area contributed by atoms with Crippen molar-refractivity contribution in [3.05, 3.63) is 29.0 Å². The lowest BCUT2D eigenvalue weighted by Crippen LogP contribution is -2.39. The van der Waals surface area contributed by atoms with E-state index in [1.54, 1.807) is 0 Å². The predicted octanol–water partition coefficient (Wildman–Crippen LogP) is 2.06. The first-order valence-electron chi connectivity index (χ1n) is 6.04. The maximum atomic E-state index is 13.0. The second-order valence-electron chi connectivity index (χ2n) is 4.71. The summed E-state index contributed by atoms with van der Waals surface area (Å²) in [5, 5.41) is 9.29. The predicted molar refractivity (Wildman–Crippen MR) is 70.0 cm³/mol. The molecule has 2 N–H and O–H groups in total. The highest BCUT2D eigenvalue weighted by molar-refractivity contribution is 7.89. The van der Waals surface area contributed by atoms with Crippen LogP contribution in [0.3, 0.4) is 0 Å². The molecule has 1 aromatic carbocycles. The third-order valence-electron chi connectivity index (χ3n) is 3.17. The summed E-state index contributed by atoms with van der Waals surface area (Å²) in [7, 11) is -3.73. The van der Waals surface area contributed by atoms with Gasteiger partial charge in [-0.05, 0) is 43.9 Å². The molecule has 0 spiro atoms. The third-order valence-corrected chi connectivity index (χ3v) is 4.98. The van der Waals surface area contributed by atoms with Gasteiger partial charge >= 0.3 is 0 Å². The van der Waals surface area contributed by atoms with Gasteiger partial charge in [-0.25, -0.2) is 17.5 Å². The van der Waals surface area contributed by atoms with E-state index in [1.807, 2.05) is 0 Å². The molecule has 0 radical (unpaired) electrons. The molecule has 4 nitrogen and oxygen atoms in total. The fourth-order valence-electron chi connectivity index (χ4n) is 2.20. The van der Waals surface area contributed by atoms with Gasteiger partial charge in [0.1, 0.15) is 5.82 Å². The monoisotopic (exact) mass is 307 g/mol. The minimum atomic E-state index is -3.73. The van der Waals surface area contributed by atoms with Crippen molar-refractivity contribution >= 4 is 21.6 Å². The van der Waals surface area contributed by atoms with Crippen LogP contribution in [0.15, 0.2) is 23.1 Å². The first kappa shape index (κ1) is 14.7. The summed E-state index contributed by atoms with van der Waals surface area (Å²) in [6, 6.07) is 2.98. The number of halogens is 2. The fraction of sp³-hybridized carbons (Fsp3) is 0.500. The van der Waals surface area contributed by atoms with Crippen molar-refractivity contribution in [2.45, 2.75) is 42.7 Å². The van der Waals surface area contributed by atoms with Crippen LogP contribution < -0.4 is 4.72 Å². The van der Waals surface area contributed by atoms with Crippen LogP contribution in [0.2, 0.25) is 5.02 Å². The molecule has 0 heterocycles. The van der Waals surface area contributed by atoms with Gasteiger partial charge in [-0.15, -0.1) is 0 Å². The summed E-state index contributed by atoms with van der Waals surface area (Å²) in [5.74, 6) is -0.659. The quantitative estimate of drug-likeness (QED) is 0.898. The van der Waals surface area contributed by atoms with Gasteiger partial charge in [-0.2, -0.15) is 0 Å². The molecule has 0 saturated heterocycles. The minimum absolute atomic E-state index is 0.0704. The number of aliphatic hydroxyl groups excluding tert-OH is 1. The number of nitrogens with one attached hydrogen (secondary N) is 1. The van der Waals surface area contributed by atoms with Crippen molar-refractivity contribution in [2.24, 2.45) is 0 Å². The molecule has 1 aromatic rings. The van der Waals surface area contributed by atoms with Crippen molar-refractivity contribution in [3.63, 3.8) is 0 Å². The molecular weight excluding hydrogens is 293 g/mol. The molecule has 0 bridgehead atoms. The summed E-state index contributed by atoms with van der Waals surface area (Å²) >= 11 is 5.58. The topological polar surface area (TPSA) is 66.4 Å². The van der Waals surface area contributed by atoms with Crippen molar-refractivity contribution in [3.8, 4) is 0 Å². The molecule has 0 amide bonds. The van der Waals surface area contributed by atoms with Crippen LogP contribution in [0.4, 0.5) is 4.39 Å². The molecule has 2 atom stereocenters. The number of aliphatic hydroxyl groups is 1. The highest BCUT2D eigenvalue weighted by Gasteiger charge is 2.25. The van der Waals surface area contributed by atoms with Gasteiger partial charge in [0.15, 0.2) is 0 Å². The Labute approximate surface area is 116 Å². The second kappa shape index (κ2) is 5.75. The van der Waals surface area contributed by atoms with Crippen LogP contribution in [0, 0.1) is 5.82 Å². The Bertz CT molecular complexity index is 564. The Balaban J connectivity index is 2.15. The smallest absolute Gasteiger partial charge is 0.240 e. The number of benzene rings is 1. The van der Waals surface area contributed by atoms with Crippen LogP contribution in [0.1, 0.15) is 25.7 Å². The third kappa shape index (κ3) is 3.66. The maximum absolute atomic E-state index is 13.0. The zero-order valence-corrected chi connectivity index (χ0v) is 11.7. The molecule has 1 aliphatic carbocycles.